The Morgan fingerprint density at radius 3 is 2.47 bits per heavy atom. The highest BCUT2D eigenvalue weighted by Gasteiger charge is 2.28. The highest BCUT2D eigenvalue weighted by atomic mass is 32.2. The molecule has 19 heavy (non-hydrogen) atoms. The largest absolute Gasteiger partial charge is 0.392 e. The Kier molecular flexibility index (Phi) is 4.58. The zero-order valence-electron chi connectivity index (χ0n) is 10.8. The summed E-state index contributed by atoms with van der Waals surface area (Å²) in [7, 11) is -3.76. The predicted molar refractivity (Wildman–Crippen MR) is 71.0 cm³/mol. The number of aliphatic hydroxyl groups excluding tert-OH is 1. The Bertz CT molecular complexity index is 521. The molecule has 0 radical (unpaired) electrons. The molecule has 0 heterocycles. The van der Waals surface area contributed by atoms with Gasteiger partial charge in [0, 0.05) is 0 Å². The van der Waals surface area contributed by atoms with E-state index >= 15 is 0 Å². The maximum absolute atomic E-state index is 13.5. The Labute approximate surface area is 113 Å². The van der Waals surface area contributed by atoms with Crippen molar-refractivity contribution in [3.8, 4) is 0 Å². The van der Waals surface area contributed by atoms with Gasteiger partial charge in [-0.25, -0.2) is 12.8 Å². The monoisotopic (exact) mass is 286 g/mol. The van der Waals surface area contributed by atoms with E-state index < -0.39 is 27.5 Å². The van der Waals surface area contributed by atoms with E-state index in [0.29, 0.717) is 0 Å². The quantitative estimate of drug-likeness (QED) is 0.925. The average Bonchev–Trinajstić information content (AvgIpc) is 2.39. The lowest BCUT2D eigenvalue weighted by Crippen LogP contribution is -2.30. The Morgan fingerprint density at radius 1 is 1.21 bits per heavy atom. The summed E-state index contributed by atoms with van der Waals surface area (Å²) < 4.78 is 37.7. The van der Waals surface area contributed by atoms with E-state index in [0.717, 1.165) is 38.2 Å². The first-order valence-corrected chi connectivity index (χ1v) is 8.31. The first-order valence-electron chi connectivity index (χ1n) is 6.66. The fourth-order valence-electron chi connectivity index (χ4n) is 2.67. The third-order valence-electron chi connectivity index (χ3n) is 3.76. The molecular weight excluding hydrogens is 267 g/mol. The van der Waals surface area contributed by atoms with Crippen molar-refractivity contribution < 1.29 is 17.9 Å². The lowest BCUT2D eigenvalue weighted by molar-refractivity contribution is 0.103. The summed E-state index contributed by atoms with van der Waals surface area (Å²) in [4.78, 5) is -0.315. The van der Waals surface area contributed by atoms with Crippen LogP contribution < -0.4 is 0 Å². The number of sulfone groups is 1. The second kappa shape index (κ2) is 6.01. The minimum Gasteiger partial charge on any atom is -0.392 e. The van der Waals surface area contributed by atoms with Crippen LogP contribution in [0.25, 0.3) is 0 Å². The van der Waals surface area contributed by atoms with Gasteiger partial charge in [0.1, 0.15) is 10.7 Å². The summed E-state index contributed by atoms with van der Waals surface area (Å²) in [6.07, 6.45) is 4.01. The van der Waals surface area contributed by atoms with Crippen molar-refractivity contribution in [2.75, 3.05) is 5.75 Å². The Balaban J connectivity index is 2.11. The summed E-state index contributed by atoms with van der Waals surface area (Å²) in [6, 6.07) is 5.31. The molecule has 1 unspecified atom stereocenters. The summed E-state index contributed by atoms with van der Waals surface area (Å²) >= 11 is 0. The molecule has 1 aliphatic rings. The van der Waals surface area contributed by atoms with E-state index in [-0.39, 0.29) is 10.8 Å². The van der Waals surface area contributed by atoms with Gasteiger partial charge in [0.15, 0.2) is 9.84 Å². The number of hydrogen-bond donors (Lipinski definition) is 1. The first-order chi connectivity index (χ1) is 9.00. The molecule has 0 aromatic heterocycles. The lowest BCUT2D eigenvalue weighted by Gasteiger charge is -2.26. The molecule has 1 atom stereocenters. The van der Waals surface area contributed by atoms with Crippen LogP contribution in [0.3, 0.4) is 0 Å². The van der Waals surface area contributed by atoms with Crippen molar-refractivity contribution >= 4 is 9.84 Å². The predicted octanol–water partition coefficient (Wildman–Crippen LogP) is 2.54. The minimum absolute atomic E-state index is 0.0234. The highest BCUT2D eigenvalue weighted by molar-refractivity contribution is 7.91. The van der Waals surface area contributed by atoms with Gasteiger partial charge in [0.05, 0.1) is 11.9 Å². The maximum atomic E-state index is 13.5. The van der Waals surface area contributed by atoms with Gasteiger partial charge < -0.3 is 5.11 Å². The van der Waals surface area contributed by atoms with Crippen LogP contribution in [0.2, 0.25) is 0 Å². The smallest absolute Gasteiger partial charge is 0.183 e. The summed E-state index contributed by atoms with van der Waals surface area (Å²) in [5.74, 6) is -1.12. The van der Waals surface area contributed by atoms with Crippen LogP contribution in [0, 0.1) is 11.7 Å². The van der Waals surface area contributed by atoms with E-state index in [1.807, 2.05) is 0 Å². The molecule has 1 aromatic rings. The van der Waals surface area contributed by atoms with Gasteiger partial charge in [-0.1, -0.05) is 31.4 Å². The normalized spacial score (nSPS) is 19.3. The van der Waals surface area contributed by atoms with Crippen LogP contribution in [-0.2, 0) is 9.84 Å². The van der Waals surface area contributed by atoms with Gasteiger partial charge in [-0.3, -0.25) is 0 Å². The summed E-state index contributed by atoms with van der Waals surface area (Å²) in [6.45, 7) is 0. The Morgan fingerprint density at radius 2 is 1.84 bits per heavy atom. The second-order valence-electron chi connectivity index (χ2n) is 5.18. The van der Waals surface area contributed by atoms with Crippen LogP contribution in [0.1, 0.15) is 32.1 Å². The van der Waals surface area contributed by atoms with Crippen LogP contribution in [0.15, 0.2) is 29.2 Å². The molecule has 1 saturated carbocycles. The molecule has 0 amide bonds. The fourth-order valence-corrected chi connectivity index (χ4v) is 4.22. The van der Waals surface area contributed by atoms with Crippen molar-refractivity contribution in [3.05, 3.63) is 30.1 Å². The molecule has 106 valence electrons. The molecule has 0 aliphatic heterocycles. The molecule has 0 bridgehead atoms. The third kappa shape index (κ3) is 3.54. The van der Waals surface area contributed by atoms with E-state index in [1.165, 1.54) is 18.2 Å². The number of halogens is 1. The second-order valence-corrected chi connectivity index (χ2v) is 7.18. The standard InChI is InChI=1S/C14H19FO3S/c15-12-8-4-5-9-14(12)19(17,18)10-13(16)11-6-2-1-3-7-11/h4-5,8-9,11,13,16H,1-3,6-7,10H2. The molecule has 1 aromatic carbocycles. The summed E-state index contributed by atoms with van der Waals surface area (Å²) in [5, 5.41) is 10.1. The summed E-state index contributed by atoms with van der Waals surface area (Å²) in [5.41, 5.74) is 0. The molecular formula is C14H19FO3S. The van der Waals surface area contributed by atoms with Gasteiger partial charge in [0.2, 0.25) is 0 Å². The first kappa shape index (κ1) is 14.5. The molecule has 1 aliphatic carbocycles. The molecule has 1 N–H and O–H groups in total. The van der Waals surface area contributed by atoms with Crippen LogP contribution in [0.4, 0.5) is 4.39 Å². The van der Waals surface area contributed by atoms with Gasteiger partial charge in [0.25, 0.3) is 0 Å². The molecule has 5 heteroatoms. The van der Waals surface area contributed by atoms with Crippen molar-refractivity contribution in [3.63, 3.8) is 0 Å². The third-order valence-corrected chi connectivity index (χ3v) is 5.54. The topological polar surface area (TPSA) is 54.4 Å². The van der Waals surface area contributed by atoms with Gasteiger partial charge in [-0.2, -0.15) is 0 Å². The molecule has 2 rings (SSSR count). The van der Waals surface area contributed by atoms with Gasteiger partial charge >= 0.3 is 0 Å². The SMILES string of the molecule is O=S(=O)(CC(O)C1CCCCC1)c1ccccc1F. The van der Waals surface area contributed by atoms with E-state index in [4.69, 9.17) is 0 Å². The lowest BCUT2D eigenvalue weighted by atomic mass is 9.86. The van der Waals surface area contributed by atoms with Crippen LogP contribution >= 0.6 is 0 Å². The number of benzene rings is 1. The number of rotatable bonds is 4. The van der Waals surface area contributed by atoms with E-state index in [2.05, 4.69) is 0 Å². The molecule has 1 fully saturated rings. The zero-order valence-corrected chi connectivity index (χ0v) is 11.6. The van der Waals surface area contributed by atoms with Crippen LogP contribution in [0.5, 0.6) is 0 Å². The van der Waals surface area contributed by atoms with E-state index in [1.54, 1.807) is 0 Å². The minimum atomic E-state index is -3.76. The molecule has 0 saturated heterocycles. The maximum Gasteiger partial charge on any atom is 0.183 e. The zero-order chi connectivity index (χ0) is 13.9. The average molecular weight is 286 g/mol. The van der Waals surface area contributed by atoms with Crippen molar-refractivity contribution in [1.29, 1.82) is 0 Å². The van der Waals surface area contributed by atoms with Gasteiger partial charge in [-0.05, 0) is 30.9 Å². The van der Waals surface area contributed by atoms with Crippen molar-refractivity contribution in [1.82, 2.24) is 0 Å². The number of hydrogen-bond acceptors (Lipinski definition) is 3. The molecule has 0 spiro atoms. The highest BCUT2D eigenvalue weighted by Crippen LogP contribution is 2.28. The Hall–Kier alpha value is -0.940. The fraction of sp³-hybridized carbons (Fsp3) is 0.571. The van der Waals surface area contributed by atoms with E-state index in [9.17, 15) is 17.9 Å². The number of aliphatic hydroxyl groups is 1. The van der Waals surface area contributed by atoms with Crippen molar-refractivity contribution in [2.24, 2.45) is 5.92 Å². The molecule has 3 nitrogen and oxygen atoms in total. The van der Waals surface area contributed by atoms with Crippen molar-refractivity contribution in [2.45, 2.75) is 43.1 Å². The van der Waals surface area contributed by atoms with Crippen LogP contribution in [-0.4, -0.2) is 25.4 Å². The van der Waals surface area contributed by atoms with Gasteiger partial charge in [-0.15, -0.1) is 0 Å².